The molecule has 0 radical (unpaired) electrons. The maximum absolute atomic E-state index is 10.9. The molecule has 0 saturated heterocycles. The number of halogens is 2. The lowest BCUT2D eigenvalue weighted by molar-refractivity contribution is 0.268. The molecule has 0 N–H and O–H groups in total. The number of nitrogens with zero attached hydrogens (tertiary/aromatic N) is 1. The van der Waals surface area contributed by atoms with Crippen molar-refractivity contribution in [3.63, 3.8) is 0 Å². The van der Waals surface area contributed by atoms with Gasteiger partial charge in [0.2, 0.25) is 0 Å². The van der Waals surface area contributed by atoms with E-state index in [-0.39, 0.29) is 11.3 Å². The van der Waals surface area contributed by atoms with Crippen LogP contribution in [0.2, 0.25) is 0 Å². The van der Waals surface area contributed by atoms with Crippen LogP contribution in [-0.4, -0.2) is 12.0 Å². The van der Waals surface area contributed by atoms with E-state index in [4.69, 9.17) is 16.3 Å². The van der Waals surface area contributed by atoms with E-state index in [1.54, 1.807) is 12.2 Å². The van der Waals surface area contributed by atoms with Crippen molar-refractivity contribution in [3.8, 4) is 5.75 Å². The zero-order valence-corrected chi connectivity index (χ0v) is 14.9. The molecule has 2 unspecified atom stereocenters. The third-order valence-corrected chi connectivity index (χ3v) is 5.03. The minimum Gasteiger partial charge on any atom is -0.493 e. The van der Waals surface area contributed by atoms with Crippen LogP contribution in [0.15, 0.2) is 41.2 Å². The number of nitroso groups, excluding NO2 is 1. The molecule has 5 heteroatoms. The van der Waals surface area contributed by atoms with Gasteiger partial charge in [-0.1, -0.05) is 19.1 Å². The molecule has 0 bridgehead atoms. The lowest BCUT2D eigenvalue weighted by Crippen LogP contribution is -2.24. The highest BCUT2D eigenvalue weighted by molar-refractivity contribution is 14.1. The molecule has 0 heterocycles. The van der Waals surface area contributed by atoms with Crippen molar-refractivity contribution >= 4 is 34.2 Å². The van der Waals surface area contributed by atoms with Gasteiger partial charge in [-0.05, 0) is 70.4 Å². The minimum absolute atomic E-state index is 0.210. The maximum Gasteiger partial charge on any atom is 0.122 e. The highest BCUT2D eigenvalue weighted by Gasteiger charge is 2.25. The van der Waals surface area contributed by atoms with Gasteiger partial charge in [0.05, 0.1) is 23.6 Å². The molecule has 21 heavy (non-hydrogen) atoms. The SMILES string of the molecule is CCc1cc(OCC2C(N=O)=CC=CC2Cl)c(C)cc1I. The molecule has 0 aromatic heterocycles. The molecule has 1 aliphatic rings. The summed E-state index contributed by atoms with van der Waals surface area (Å²) in [6.45, 7) is 4.49. The van der Waals surface area contributed by atoms with Crippen LogP contribution in [0, 0.1) is 21.3 Å². The van der Waals surface area contributed by atoms with Gasteiger partial charge in [0.25, 0.3) is 0 Å². The predicted molar refractivity (Wildman–Crippen MR) is 94.9 cm³/mol. The molecule has 2 atom stereocenters. The van der Waals surface area contributed by atoms with E-state index < -0.39 is 0 Å². The molecule has 2 rings (SSSR count). The first kappa shape index (κ1) is 16.5. The quantitative estimate of drug-likeness (QED) is 0.385. The fourth-order valence-corrected chi connectivity index (χ4v) is 3.55. The van der Waals surface area contributed by atoms with Gasteiger partial charge < -0.3 is 4.74 Å². The van der Waals surface area contributed by atoms with Crippen LogP contribution < -0.4 is 4.74 Å². The Hall–Kier alpha value is -0.880. The van der Waals surface area contributed by atoms with Crippen molar-refractivity contribution < 1.29 is 4.74 Å². The van der Waals surface area contributed by atoms with Crippen LogP contribution in [0.3, 0.4) is 0 Å². The highest BCUT2D eigenvalue weighted by Crippen LogP contribution is 2.29. The molecule has 1 aromatic carbocycles. The molecule has 0 amide bonds. The van der Waals surface area contributed by atoms with Gasteiger partial charge in [0.1, 0.15) is 5.75 Å². The van der Waals surface area contributed by atoms with Gasteiger partial charge in [-0.25, -0.2) is 0 Å². The predicted octanol–water partition coefficient (Wildman–Crippen LogP) is 4.98. The van der Waals surface area contributed by atoms with E-state index in [1.165, 1.54) is 9.13 Å². The number of benzene rings is 1. The van der Waals surface area contributed by atoms with Crippen LogP contribution in [0.1, 0.15) is 18.1 Å². The lowest BCUT2D eigenvalue weighted by atomic mass is 9.97. The van der Waals surface area contributed by atoms with Crippen LogP contribution in [0.25, 0.3) is 0 Å². The zero-order valence-electron chi connectivity index (χ0n) is 12.0. The lowest BCUT2D eigenvalue weighted by Gasteiger charge is -2.22. The van der Waals surface area contributed by atoms with Crippen LogP contribution >= 0.6 is 34.2 Å². The van der Waals surface area contributed by atoms with Gasteiger partial charge >= 0.3 is 0 Å². The fourth-order valence-electron chi connectivity index (χ4n) is 2.26. The van der Waals surface area contributed by atoms with Gasteiger partial charge in [-0.2, -0.15) is 0 Å². The Balaban J connectivity index is 2.14. The molecule has 3 nitrogen and oxygen atoms in total. The van der Waals surface area contributed by atoms with E-state index in [1.807, 2.05) is 13.0 Å². The Morgan fingerprint density at radius 3 is 2.86 bits per heavy atom. The third-order valence-electron chi connectivity index (χ3n) is 3.57. The van der Waals surface area contributed by atoms with Gasteiger partial charge in [0, 0.05) is 3.57 Å². The number of allylic oxidation sites excluding steroid dienone is 3. The smallest absolute Gasteiger partial charge is 0.122 e. The zero-order chi connectivity index (χ0) is 15.4. The second-order valence-corrected chi connectivity index (χ2v) is 6.66. The van der Waals surface area contributed by atoms with E-state index >= 15 is 0 Å². The second kappa shape index (κ2) is 7.40. The molecule has 0 spiro atoms. The number of aryl methyl sites for hydroxylation is 2. The Bertz CT molecular complexity index is 598. The molecular formula is C16H17ClINO2. The molecule has 0 aliphatic heterocycles. The topological polar surface area (TPSA) is 38.7 Å². The van der Waals surface area contributed by atoms with Crippen LogP contribution in [0.5, 0.6) is 5.75 Å². The Labute approximate surface area is 143 Å². The second-order valence-electron chi connectivity index (χ2n) is 4.99. The molecule has 1 aliphatic carbocycles. The summed E-state index contributed by atoms with van der Waals surface area (Å²) in [5.41, 5.74) is 2.78. The fraction of sp³-hybridized carbons (Fsp3) is 0.375. The average Bonchev–Trinajstić information content (AvgIpc) is 2.47. The van der Waals surface area contributed by atoms with Crippen molar-refractivity contribution in [2.45, 2.75) is 25.6 Å². The number of hydrogen-bond donors (Lipinski definition) is 0. The maximum atomic E-state index is 10.9. The summed E-state index contributed by atoms with van der Waals surface area (Å²) in [5, 5.41) is 2.79. The first-order chi connectivity index (χ1) is 10.1. The van der Waals surface area contributed by atoms with Crippen molar-refractivity contribution in [1.82, 2.24) is 0 Å². The third kappa shape index (κ3) is 3.86. The number of alkyl halides is 1. The minimum atomic E-state index is -0.266. The van der Waals surface area contributed by atoms with Crippen LogP contribution in [-0.2, 0) is 6.42 Å². The summed E-state index contributed by atoms with van der Waals surface area (Å²) in [4.78, 5) is 10.9. The number of ether oxygens (including phenoxy) is 1. The van der Waals surface area contributed by atoms with Crippen molar-refractivity contribution in [1.29, 1.82) is 0 Å². The normalized spacial score (nSPS) is 21.0. The average molecular weight is 418 g/mol. The van der Waals surface area contributed by atoms with Crippen molar-refractivity contribution in [3.05, 3.63) is 55.7 Å². The van der Waals surface area contributed by atoms with E-state index in [9.17, 15) is 4.91 Å². The first-order valence-electron chi connectivity index (χ1n) is 6.84. The Kier molecular flexibility index (Phi) is 5.81. The van der Waals surface area contributed by atoms with Gasteiger partial charge in [-0.15, -0.1) is 16.5 Å². The standard InChI is InChI=1S/C16H17ClINO2/c1-3-11-8-16(10(2)7-14(11)18)21-9-12-13(17)5-4-6-15(12)19-20/h4-8,12-13H,3,9H2,1-2H3. The molecule has 112 valence electrons. The number of rotatable bonds is 5. The first-order valence-corrected chi connectivity index (χ1v) is 8.36. The van der Waals surface area contributed by atoms with Crippen molar-refractivity contribution in [2.24, 2.45) is 11.1 Å². The summed E-state index contributed by atoms with van der Waals surface area (Å²) >= 11 is 8.57. The highest BCUT2D eigenvalue weighted by atomic mass is 127. The molecule has 0 fully saturated rings. The molecular weight excluding hydrogens is 401 g/mol. The van der Waals surface area contributed by atoms with Gasteiger partial charge in [-0.3, -0.25) is 0 Å². The Morgan fingerprint density at radius 2 is 2.19 bits per heavy atom. The largest absolute Gasteiger partial charge is 0.493 e. The molecule has 0 saturated carbocycles. The van der Waals surface area contributed by atoms with E-state index in [0.29, 0.717) is 12.3 Å². The Morgan fingerprint density at radius 1 is 1.43 bits per heavy atom. The molecule has 1 aromatic rings. The van der Waals surface area contributed by atoms with E-state index in [0.717, 1.165) is 17.7 Å². The van der Waals surface area contributed by atoms with Crippen molar-refractivity contribution in [2.75, 3.05) is 6.61 Å². The summed E-state index contributed by atoms with van der Waals surface area (Å²) in [7, 11) is 0. The summed E-state index contributed by atoms with van der Waals surface area (Å²) < 4.78 is 7.16. The van der Waals surface area contributed by atoms with Crippen LogP contribution in [0.4, 0.5) is 0 Å². The summed E-state index contributed by atoms with van der Waals surface area (Å²) in [6.07, 6.45) is 6.26. The monoisotopic (exact) mass is 417 g/mol. The number of hydrogen-bond acceptors (Lipinski definition) is 3. The van der Waals surface area contributed by atoms with Gasteiger partial charge in [0.15, 0.2) is 0 Å². The van der Waals surface area contributed by atoms with E-state index in [2.05, 4.69) is 46.8 Å². The summed E-state index contributed by atoms with van der Waals surface area (Å²) in [5.74, 6) is 0.633. The summed E-state index contributed by atoms with van der Waals surface area (Å²) in [6, 6.07) is 4.18.